The molecular weight excluding hydrogens is 180 g/mol. The minimum atomic E-state index is 0.730. The number of nitrogens with zero attached hydrogens (tertiary/aromatic N) is 2. The van der Waals surface area contributed by atoms with Crippen LogP contribution in [0, 0.1) is 0 Å². The van der Waals surface area contributed by atoms with E-state index in [1.165, 1.54) is 0 Å². The molecular formula is C9H10N4O. The van der Waals surface area contributed by atoms with Crippen molar-refractivity contribution in [2.24, 2.45) is 5.84 Å². The van der Waals surface area contributed by atoms with Gasteiger partial charge < -0.3 is 10.2 Å². The van der Waals surface area contributed by atoms with Crippen LogP contribution in [0.4, 0.5) is 5.69 Å². The molecule has 5 heteroatoms. The number of nitrogens with one attached hydrogen (secondary N) is 1. The van der Waals surface area contributed by atoms with E-state index in [-0.39, 0.29) is 0 Å². The summed E-state index contributed by atoms with van der Waals surface area (Å²) in [6, 6.07) is 5.53. The second kappa shape index (κ2) is 3.47. The lowest BCUT2D eigenvalue weighted by Gasteiger charge is -2.05. The number of hydrogen-bond acceptors (Lipinski definition) is 5. The Morgan fingerprint density at radius 3 is 3.00 bits per heavy atom. The number of nitrogen functional groups attached to an aromatic ring is 1. The molecule has 14 heavy (non-hydrogen) atoms. The van der Waals surface area contributed by atoms with Crippen LogP contribution in [0.3, 0.4) is 0 Å². The van der Waals surface area contributed by atoms with Gasteiger partial charge in [0.1, 0.15) is 5.75 Å². The predicted octanol–water partition coefficient (Wildman–Crippen LogP) is 0.924. The minimum Gasteiger partial charge on any atom is -0.497 e. The number of hydrogen-bond donors (Lipinski definition) is 2. The average Bonchev–Trinajstić information content (AvgIpc) is 2.27. The number of ether oxygens (including phenoxy) is 1. The van der Waals surface area contributed by atoms with Crippen LogP contribution < -0.4 is 16.0 Å². The third-order valence-electron chi connectivity index (χ3n) is 2.00. The van der Waals surface area contributed by atoms with Gasteiger partial charge in [0, 0.05) is 5.39 Å². The van der Waals surface area contributed by atoms with Crippen molar-refractivity contribution >= 4 is 16.6 Å². The zero-order valence-corrected chi connectivity index (χ0v) is 7.69. The van der Waals surface area contributed by atoms with Gasteiger partial charge in [-0.05, 0) is 18.2 Å². The summed E-state index contributed by atoms with van der Waals surface area (Å²) in [5.41, 5.74) is 4.07. The molecule has 72 valence electrons. The fourth-order valence-corrected chi connectivity index (χ4v) is 1.28. The first-order chi connectivity index (χ1) is 6.85. The molecule has 1 aromatic carbocycles. The number of benzene rings is 1. The van der Waals surface area contributed by atoms with Crippen molar-refractivity contribution in [3.05, 3.63) is 24.4 Å². The molecule has 0 spiro atoms. The number of rotatable bonds is 2. The lowest BCUT2D eigenvalue weighted by atomic mass is 10.2. The molecule has 0 aliphatic carbocycles. The van der Waals surface area contributed by atoms with Gasteiger partial charge >= 0.3 is 0 Å². The largest absolute Gasteiger partial charge is 0.497 e. The van der Waals surface area contributed by atoms with E-state index in [1.54, 1.807) is 13.3 Å². The lowest BCUT2D eigenvalue weighted by Crippen LogP contribution is -2.07. The highest BCUT2D eigenvalue weighted by Gasteiger charge is 2.02. The van der Waals surface area contributed by atoms with E-state index in [0.717, 1.165) is 22.3 Å². The summed E-state index contributed by atoms with van der Waals surface area (Å²) in [5.74, 6) is 6.11. The van der Waals surface area contributed by atoms with Gasteiger partial charge in [0.2, 0.25) is 0 Å². The number of nitrogens with two attached hydrogens (primary N) is 1. The Morgan fingerprint density at radius 2 is 2.29 bits per heavy atom. The van der Waals surface area contributed by atoms with Gasteiger partial charge in [0.05, 0.1) is 24.5 Å². The summed E-state index contributed by atoms with van der Waals surface area (Å²) in [5, 5.41) is 8.66. The van der Waals surface area contributed by atoms with Crippen LogP contribution in [0.25, 0.3) is 10.9 Å². The van der Waals surface area contributed by atoms with E-state index in [9.17, 15) is 0 Å². The molecule has 2 rings (SSSR count). The van der Waals surface area contributed by atoms with Crippen molar-refractivity contribution in [2.75, 3.05) is 12.5 Å². The summed E-state index contributed by atoms with van der Waals surface area (Å²) in [4.78, 5) is 0. The Balaban J connectivity index is 2.70. The summed E-state index contributed by atoms with van der Waals surface area (Å²) >= 11 is 0. The molecule has 5 nitrogen and oxygen atoms in total. The summed E-state index contributed by atoms with van der Waals surface area (Å²) in [6.45, 7) is 0. The monoisotopic (exact) mass is 190 g/mol. The Labute approximate surface area is 80.9 Å². The molecule has 0 fully saturated rings. The van der Waals surface area contributed by atoms with Gasteiger partial charge in [-0.1, -0.05) is 0 Å². The average molecular weight is 190 g/mol. The van der Waals surface area contributed by atoms with Crippen LogP contribution in [0.2, 0.25) is 0 Å². The topological polar surface area (TPSA) is 73.1 Å². The van der Waals surface area contributed by atoms with Gasteiger partial charge in [0.25, 0.3) is 0 Å². The molecule has 0 amide bonds. The molecule has 3 N–H and O–H groups in total. The SMILES string of the molecule is COc1ccc2nncc(NN)c2c1. The Bertz CT molecular complexity index is 458. The first kappa shape index (κ1) is 8.71. The van der Waals surface area contributed by atoms with Crippen molar-refractivity contribution in [3.8, 4) is 5.75 Å². The zero-order chi connectivity index (χ0) is 9.97. The van der Waals surface area contributed by atoms with Crippen molar-refractivity contribution in [1.29, 1.82) is 0 Å². The van der Waals surface area contributed by atoms with Crippen molar-refractivity contribution in [3.63, 3.8) is 0 Å². The van der Waals surface area contributed by atoms with Gasteiger partial charge in [-0.3, -0.25) is 5.84 Å². The Hall–Kier alpha value is -1.88. The van der Waals surface area contributed by atoms with Crippen LogP contribution in [-0.2, 0) is 0 Å². The molecule has 0 unspecified atom stereocenters. The van der Waals surface area contributed by atoms with E-state index in [0.29, 0.717) is 0 Å². The first-order valence-corrected chi connectivity index (χ1v) is 4.11. The third kappa shape index (κ3) is 1.33. The maximum absolute atomic E-state index is 5.35. The molecule has 2 aromatic rings. The molecule has 0 aliphatic rings. The number of methoxy groups -OCH3 is 1. The molecule has 1 aromatic heterocycles. The zero-order valence-electron chi connectivity index (χ0n) is 7.69. The van der Waals surface area contributed by atoms with E-state index >= 15 is 0 Å². The highest BCUT2D eigenvalue weighted by atomic mass is 16.5. The summed E-state index contributed by atoms with van der Waals surface area (Å²) in [7, 11) is 1.62. The quantitative estimate of drug-likeness (QED) is 0.544. The smallest absolute Gasteiger partial charge is 0.119 e. The molecule has 0 bridgehead atoms. The van der Waals surface area contributed by atoms with Crippen LogP contribution in [0.1, 0.15) is 0 Å². The van der Waals surface area contributed by atoms with Gasteiger partial charge in [-0.2, -0.15) is 10.2 Å². The highest BCUT2D eigenvalue weighted by Crippen LogP contribution is 2.24. The Kier molecular flexibility index (Phi) is 2.16. The van der Waals surface area contributed by atoms with E-state index in [2.05, 4.69) is 15.6 Å². The van der Waals surface area contributed by atoms with Crippen molar-refractivity contribution in [1.82, 2.24) is 10.2 Å². The fourth-order valence-electron chi connectivity index (χ4n) is 1.28. The highest BCUT2D eigenvalue weighted by molar-refractivity contribution is 5.91. The second-order valence-corrected chi connectivity index (χ2v) is 2.79. The predicted molar refractivity (Wildman–Crippen MR) is 53.9 cm³/mol. The number of hydrazine groups is 1. The van der Waals surface area contributed by atoms with Crippen LogP contribution in [-0.4, -0.2) is 17.3 Å². The van der Waals surface area contributed by atoms with E-state index in [4.69, 9.17) is 10.6 Å². The molecule has 0 atom stereocenters. The standard InChI is InChI=1S/C9H10N4O/c1-14-6-2-3-8-7(4-6)9(12-10)5-11-13-8/h2-5H,10H2,1H3,(H,12,13). The van der Waals surface area contributed by atoms with E-state index in [1.807, 2.05) is 18.2 Å². The maximum atomic E-state index is 5.35. The van der Waals surface area contributed by atoms with Crippen LogP contribution in [0.5, 0.6) is 5.75 Å². The lowest BCUT2D eigenvalue weighted by molar-refractivity contribution is 0.415. The summed E-state index contributed by atoms with van der Waals surface area (Å²) < 4.78 is 5.10. The fraction of sp³-hybridized carbons (Fsp3) is 0.111. The van der Waals surface area contributed by atoms with Gasteiger partial charge in [0.15, 0.2) is 0 Å². The van der Waals surface area contributed by atoms with E-state index < -0.39 is 0 Å². The normalized spacial score (nSPS) is 10.1. The first-order valence-electron chi connectivity index (χ1n) is 4.11. The number of anilines is 1. The molecule has 1 heterocycles. The second-order valence-electron chi connectivity index (χ2n) is 2.79. The molecule has 0 saturated carbocycles. The summed E-state index contributed by atoms with van der Waals surface area (Å²) in [6.07, 6.45) is 1.57. The molecule has 0 radical (unpaired) electrons. The van der Waals surface area contributed by atoms with Gasteiger partial charge in [-0.25, -0.2) is 0 Å². The Morgan fingerprint density at radius 1 is 1.43 bits per heavy atom. The maximum Gasteiger partial charge on any atom is 0.119 e. The van der Waals surface area contributed by atoms with Crippen molar-refractivity contribution < 1.29 is 4.74 Å². The van der Waals surface area contributed by atoms with Crippen LogP contribution >= 0.6 is 0 Å². The van der Waals surface area contributed by atoms with Crippen molar-refractivity contribution in [2.45, 2.75) is 0 Å². The molecule has 0 saturated heterocycles. The minimum absolute atomic E-state index is 0.730. The van der Waals surface area contributed by atoms with Crippen LogP contribution in [0.15, 0.2) is 24.4 Å². The number of aromatic nitrogens is 2. The van der Waals surface area contributed by atoms with Gasteiger partial charge in [-0.15, -0.1) is 0 Å². The number of fused-ring (bicyclic) bond motifs is 1. The molecule has 0 aliphatic heterocycles. The third-order valence-corrected chi connectivity index (χ3v) is 2.00.